The average molecular weight is 464 g/mol. The van der Waals surface area contributed by atoms with E-state index >= 15 is 0 Å². The van der Waals surface area contributed by atoms with Crippen LogP contribution in [0.5, 0.6) is 0 Å². The first-order chi connectivity index (χ1) is 12.2. The summed E-state index contributed by atoms with van der Waals surface area (Å²) < 4.78 is 25.4. The summed E-state index contributed by atoms with van der Waals surface area (Å²) in [5.74, 6) is 0.244. The number of nitrogens with zero attached hydrogens (tertiary/aromatic N) is 2. The minimum absolute atomic E-state index is 0.0294. The van der Waals surface area contributed by atoms with Gasteiger partial charge < -0.3 is 4.43 Å². The van der Waals surface area contributed by atoms with E-state index in [0.717, 1.165) is 5.01 Å². The van der Waals surface area contributed by atoms with Crippen LogP contribution >= 0.6 is 11.3 Å². The summed E-state index contributed by atoms with van der Waals surface area (Å²) in [5, 5.41) is 7.39. The molecule has 1 rings (SSSR count). The molecular weight excluding hydrogens is 423 g/mol. The Morgan fingerprint density at radius 2 is 1.61 bits per heavy atom. The largest absolute Gasteiger partial charge is 0.411 e. The van der Waals surface area contributed by atoms with E-state index in [1.165, 1.54) is 11.3 Å². The van der Waals surface area contributed by atoms with Crippen molar-refractivity contribution in [3.05, 3.63) is 10.7 Å². The van der Waals surface area contributed by atoms with Gasteiger partial charge in [0, 0.05) is 5.92 Å². The zero-order valence-electron chi connectivity index (χ0n) is 19.9. The van der Waals surface area contributed by atoms with E-state index in [4.69, 9.17) is 18.6 Å². The van der Waals surface area contributed by atoms with Crippen molar-refractivity contribution in [2.24, 2.45) is 9.17 Å². The molecule has 0 spiro atoms. The van der Waals surface area contributed by atoms with E-state index in [-0.39, 0.29) is 16.0 Å². The van der Waals surface area contributed by atoms with Crippen LogP contribution < -0.4 is 5.14 Å². The van der Waals surface area contributed by atoms with Crippen molar-refractivity contribution in [2.45, 2.75) is 108 Å². The second-order valence-electron chi connectivity index (χ2n) is 11.0. The minimum atomic E-state index is -3.02. The lowest BCUT2D eigenvalue weighted by atomic mass is 10.2. The Kier molecular flexibility index (Phi) is 7.63. The first kappa shape index (κ1) is 26.0. The van der Waals surface area contributed by atoms with Gasteiger partial charge in [-0.25, -0.2) is 14.3 Å². The third-order valence-electron chi connectivity index (χ3n) is 6.01. The Labute approximate surface area is 179 Å². The normalized spacial score (nSPS) is 16.4. The molecule has 9 heteroatoms. The fourth-order valence-electron chi connectivity index (χ4n) is 1.90. The highest BCUT2D eigenvalue weighted by Gasteiger charge is 2.39. The van der Waals surface area contributed by atoms with E-state index in [1.807, 2.05) is 0 Å². The van der Waals surface area contributed by atoms with Crippen LogP contribution in [0.2, 0.25) is 36.3 Å². The van der Waals surface area contributed by atoms with E-state index in [2.05, 4.69) is 81.6 Å². The molecule has 5 nitrogen and oxygen atoms in total. The van der Waals surface area contributed by atoms with E-state index < -0.39 is 26.5 Å². The zero-order valence-corrected chi connectivity index (χ0v) is 23.5. The number of nitrogens with two attached hydrogens (primary N) is 1. The highest BCUT2D eigenvalue weighted by molar-refractivity contribution is 7.94. The molecule has 0 amide bonds. The molecule has 1 aromatic heterocycles. The second-order valence-corrected chi connectivity index (χ2v) is 24.0. The van der Waals surface area contributed by atoms with Gasteiger partial charge in [0.25, 0.3) is 0 Å². The Morgan fingerprint density at radius 1 is 1.11 bits per heavy atom. The quantitative estimate of drug-likeness (QED) is 0.489. The summed E-state index contributed by atoms with van der Waals surface area (Å²) in [4.78, 5) is 4.77. The van der Waals surface area contributed by atoms with Gasteiger partial charge in [-0.05, 0) is 36.3 Å². The maximum Gasteiger partial charge on any atom is 0.195 e. The van der Waals surface area contributed by atoms with Gasteiger partial charge in [-0.1, -0.05) is 55.4 Å². The standard InChI is InChI=1S/C19H41N3O2S2Si2/c1-14(2)16-21-15(13-24-28(11,12)19(6,7)8)17(25-16)26(20,23)22-27(9,10)18(3,4)5/h14H,13H2,1-12H3,(H2,20,22,23). The van der Waals surface area contributed by atoms with Crippen LogP contribution in [-0.2, 0) is 20.9 Å². The molecule has 0 aromatic carbocycles. The predicted molar refractivity (Wildman–Crippen MR) is 128 cm³/mol. The van der Waals surface area contributed by atoms with Crippen molar-refractivity contribution in [2.75, 3.05) is 0 Å². The van der Waals surface area contributed by atoms with Gasteiger partial charge in [-0.15, -0.1) is 11.3 Å². The van der Waals surface area contributed by atoms with Crippen molar-refractivity contribution >= 4 is 37.8 Å². The Morgan fingerprint density at radius 3 is 2.00 bits per heavy atom. The first-order valence-corrected chi connectivity index (χ1v) is 18.2. The average Bonchev–Trinajstić information content (AvgIpc) is 2.87. The molecule has 1 aromatic rings. The molecular formula is C19H41N3O2S2Si2. The molecule has 0 saturated carbocycles. The van der Waals surface area contributed by atoms with Crippen molar-refractivity contribution in [1.82, 2.24) is 4.98 Å². The number of hydrogen-bond acceptors (Lipinski definition) is 5. The van der Waals surface area contributed by atoms with Crippen LogP contribution in [-0.4, -0.2) is 25.7 Å². The monoisotopic (exact) mass is 463 g/mol. The molecule has 1 unspecified atom stereocenters. The number of rotatable bonds is 6. The van der Waals surface area contributed by atoms with Gasteiger partial charge in [-0.3, -0.25) is 4.03 Å². The molecule has 2 N–H and O–H groups in total. The van der Waals surface area contributed by atoms with Crippen molar-refractivity contribution < 1.29 is 8.63 Å². The maximum atomic E-state index is 13.6. The summed E-state index contributed by atoms with van der Waals surface area (Å²) in [6.45, 7) is 26.2. The van der Waals surface area contributed by atoms with E-state index in [0.29, 0.717) is 16.5 Å². The molecule has 164 valence electrons. The number of thiazole rings is 1. The van der Waals surface area contributed by atoms with Crippen LogP contribution in [0.3, 0.4) is 0 Å². The minimum Gasteiger partial charge on any atom is -0.411 e. The molecule has 0 aliphatic rings. The fourth-order valence-corrected chi connectivity index (χ4v) is 9.29. The van der Waals surface area contributed by atoms with Gasteiger partial charge in [0.15, 0.2) is 16.6 Å². The van der Waals surface area contributed by atoms with Gasteiger partial charge in [0.2, 0.25) is 0 Å². The highest BCUT2D eigenvalue weighted by Crippen LogP contribution is 2.40. The van der Waals surface area contributed by atoms with Crippen LogP contribution in [0.1, 0.15) is 72.0 Å². The lowest BCUT2D eigenvalue weighted by Gasteiger charge is -2.36. The third kappa shape index (κ3) is 5.98. The molecule has 0 bridgehead atoms. The van der Waals surface area contributed by atoms with Gasteiger partial charge >= 0.3 is 0 Å². The SMILES string of the molecule is CC(C)c1nc(CO[Si](C)(C)C(C)(C)C)c(S(N)(=O)=N[Si](C)(C)C(C)(C)C)s1. The zero-order chi connectivity index (χ0) is 22.3. The molecule has 1 heterocycles. The first-order valence-electron chi connectivity index (χ1n) is 9.91. The van der Waals surface area contributed by atoms with Gasteiger partial charge in [0.1, 0.15) is 14.1 Å². The van der Waals surface area contributed by atoms with Crippen molar-refractivity contribution in [1.29, 1.82) is 0 Å². The van der Waals surface area contributed by atoms with Crippen LogP contribution in [0, 0.1) is 0 Å². The van der Waals surface area contributed by atoms with Crippen molar-refractivity contribution in [3.63, 3.8) is 0 Å². The maximum absolute atomic E-state index is 13.6. The van der Waals surface area contributed by atoms with E-state index in [9.17, 15) is 4.21 Å². The lowest BCUT2D eigenvalue weighted by molar-refractivity contribution is 0.270. The highest BCUT2D eigenvalue weighted by atomic mass is 32.2. The van der Waals surface area contributed by atoms with Gasteiger partial charge in [-0.2, -0.15) is 0 Å². The summed E-state index contributed by atoms with van der Waals surface area (Å²) in [7, 11) is -7.16. The number of aromatic nitrogens is 1. The third-order valence-corrected chi connectivity index (χ3v) is 20.0. The molecule has 0 saturated heterocycles. The summed E-state index contributed by atoms with van der Waals surface area (Å²) >= 11 is 1.44. The summed E-state index contributed by atoms with van der Waals surface area (Å²) in [5.41, 5.74) is 0.702. The predicted octanol–water partition coefficient (Wildman–Crippen LogP) is 6.49. The molecule has 1 atom stereocenters. The van der Waals surface area contributed by atoms with Crippen LogP contribution in [0.25, 0.3) is 0 Å². The molecule has 0 aliphatic carbocycles. The van der Waals surface area contributed by atoms with Gasteiger partial charge in [0.05, 0.1) is 17.3 Å². The Bertz CT molecular complexity index is 810. The molecule has 0 aliphatic heterocycles. The van der Waals surface area contributed by atoms with Crippen molar-refractivity contribution in [3.8, 4) is 0 Å². The summed E-state index contributed by atoms with van der Waals surface area (Å²) in [6, 6.07) is 0. The van der Waals surface area contributed by atoms with E-state index in [1.54, 1.807) is 0 Å². The fraction of sp³-hybridized carbons (Fsp3) is 0.842. The topological polar surface area (TPSA) is 77.6 Å². The van der Waals surface area contributed by atoms with Crippen LogP contribution in [0.4, 0.5) is 0 Å². The smallest absolute Gasteiger partial charge is 0.195 e. The Hall–Kier alpha value is -0.0662. The summed E-state index contributed by atoms with van der Waals surface area (Å²) in [6.07, 6.45) is 0. The number of hydrogen-bond donors (Lipinski definition) is 1. The second kappa shape index (κ2) is 8.22. The lowest BCUT2D eigenvalue weighted by Crippen LogP contribution is -2.40. The molecule has 0 radical (unpaired) electrons. The van der Waals surface area contributed by atoms with Crippen LogP contribution in [0.15, 0.2) is 8.24 Å². The molecule has 28 heavy (non-hydrogen) atoms. The Balaban J connectivity index is 3.46. The molecule has 0 fully saturated rings.